The Morgan fingerprint density at radius 3 is 2.17 bits per heavy atom. The van der Waals surface area contributed by atoms with E-state index in [1.165, 1.54) is 5.56 Å². The summed E-state index contributed by atoms with van der Waals surface area (Å²) in [5.41, 5.74) is 4.98. The minimum atomic E-state index is -1.04. The number of nitrogens with one attached hydrogen (secondary N) is 1. The molecular formula is C41H44N4O7. The first kappa shape index (κ1) is 35.5. The van der Waals surface area contributed by atoms with E-state index in [9.17, 15) is 19.5 Å². The van der Waals surface area contributed by atoms with Crippen LogP contribution in [0.4, 0.5) is 10.5 Å². The predicted molar refractivity (Wildman–Crippen MR) is 194 cm³/mol. The van der Waals surface area contributed by atoms with E-state index in [1.54, 1.807) is 18.2 Å². The number of piperazine rings is 1. The second-order valence-electron chi connectivity index (χ2n) is 13.5. The highest BCUT2D eigenvalue weighted by Crippen LogP contribution is 2.39. The molecule has 3 aliphatic rings. The van der Waals surface area contributed by atoms with Crippen LogP contribution in [0.5, 0.6) is 0 Å². The lowest BCUT2D eigenvalue weighted by atomic mass is 9.99. The van der Waals surface area contributed by atoms with Crippen molar-refractivity contribution in [2.75, 3.05) is 37.6 Å². The van der Waals surface area contributed by atoms with E-state index >= 15 is 0 Å². The van der Waals surface area contributed by atoms with Crippen molar-refractivity contribution in [3.63, 3.8) is 0 Å². The van der Waals surface area contributed by atoms with Crippen LogP contribution < -0.4 is 10.2 Å². The Kier molecular flexibility index (Phi) is 11.3. The molecule has 0 radical (unpaired) electrons. The minimum Gasteiger partial charge on any atom is -0.445 e. The van der Waals surface area contributed by atoms with E-state index in [0.717, 1.165) is 60.9 Å². The zero-order valence-corrected chi connectivity index (χ0v) is 29.0. The van der Waals surface area contributed by atoms with Gasteiger partial charge in [-0.15, -0.1) is 0 Å². The summed E-state index contributed by atoms with van der Waals surface area (Å²) >= 11 is 0. The molecule has 11 heteroatoms. The number of aliphatic hydroxyl groups excluding tert-OH is 1. The number of nitrogens with zero attached hydrogens (tertiary/aromatic N) is 3. The van der Waals surface area contributed by atoms with Crippen molar-refractivity contribution in [3.8, 4) is 0 Å². The maximum absolute atomic E-state index is 13.4. The van der Waals surface area contributed by atoms with Gasteiger partial charge in [0.05, 0.1) is 30.9 Å². The van der Waals surface area contributed by atoms with Crippen molar-refractivity contribution in [2.24, 2.45) is 0 Å². The molecule has 3 aliphatic heterocycles. The van der Waals surface area contributed by atoms with E-state index in [2.05, 4.69) is 39.4 Å². The number of benzene rings is 4. The van der Waals surface area contributed by atoms with Gasteiger partial charge in [0.1, 0.15) is 12.6 Å². The molecule has 3 amide bonds. The van der Waals surface area contributed by atoms with Crippen LogP contribution in [-0.4, -0.2) is 77.7 Å². The number of alkyl carbamates (subject to hydrolysis) is 1. The molecule has 2 N–H and O–H groups in total. The van der Waals surface area contributed by atoms with Gasteiger partial charge in [-0.05, 0) is 34.4 Å². The molecule has 4 aromatic rings. The first-order valence-electron chi connectivity index (χ1n) is 17.8. The third kappa shape index (κ3) is 8.75. The van der Waals surface area contributed by atoms with Gasteiger partial charge in [-0.2, -0.15) is 0 Å². The van der Waals surface area contributed by atoms with Gasteiger partial charge in [0.25, 0.3) is 5.91 Å². The van der Waals surface area contributed by atoms with E-state index in [1.807, 2.05) is 66.7 Å². The van der Waals surface area contributed by atoms with Crippen molar-refractivity contribution in [3.05, 3.63) is 137 Å². The molecule has 0 aliphatic carbocycles. The molecule has 3 fully saturated rings. The molecule has 270 valence electrons. The maximum Gasteiger partial charge on any atom is 0.408 e. The first-order chi connectivity index (χ1) is 25.4. The molecule has 3 saturated heterocycles. The summed E-state index contributed by atoms with van der Waals surface area (Å²) in [6.07, 6.45) is -1.46. The Hall–Kier alpha value is -4.91. The summed E-state index contributed by atoms with van der Waals surface area (Å²) in [6, 6.07) is 33.5. The quantitative estimate of drug-likeness (QED) is 0.206. The van der Waals surface area contributed by atoms with Crippen LogP contribution >= 0.6 is 0 Å². The first-order valence-corrected chi connectivity index (χ1v) is 17.8. The van der Waals surface area contributed by atoms with Crippen LogP contribution in [0.25, 0.3) is 0 Å². The number of ether oxygens (including phenoxy) is 3. The van der Waals surface area contributed by atoms with Crippen LogP contribution in [0.3, 0.4) is 0 Å². The van der Waals surface area contributed by atoms with Gasteiger partial charge >= 0.3 is 6.09 Å². The number of hydrogen-bond acceptors (Lipinski definition) is 9. The van der Waals surface area contributed by atoms with Crippen LogP contribution in [-0.2, 0) is 43.6 Å². The smallest absolute Gasteiger partial charge is 0.408 e. The van der Waals surface area contributed by atoms with Gasteiger partial charge in [0, 0.05) is 51.3 Å². The number of imide groups is 1. The average Bonchev–Trinajstić information content (AvgIpc) is 3.46. The fraction of sp³-hybridized carbons (Fsp3) is 0.341. The lowest BCUT2D eigenvalue weighted by Crippen LogP contribution is -2.49. The fourth-order valence-electron chi connectivity index (χ4n) is 7.03. The van der Waals surface area contributed by atoms with Crippen molar-refractivity contribution in [2.45, 2.75) is 57.1 Å². The minimum absolute atomic E-state index is 0.0393. The number of hydrogen-bond donors (Lipinski definition) is 2. The number of anilines is 1. The molecule has 0 spiro atoms. The number of carbonyl (C=O) groups is 3. The fourth-order valence-corrected chi connectivity index (χ4v) is 7.03. The maximum atomic E-state index is 13.4. The SMILES string of the molecule is O=C(NC1CC(=O)N(c2cccc([C@@H]3O[C@H](CN4CCN(Cc5ccccc5)CC4)C[C@H](c4ccc(CO)cc4)O3)c2)C1=O)OCc1ccccc1. The lowest BCUT2D eigenvalue weighted by molar-refractivity contribution is -0.253. The monoisotopic (exact) mass is 704 g/mol. The van der Waals surface area contributed by atoms with Crippen molar-refractivity contribution < 1.29 is 33.7 Å². The molecule has 0 saturated carbocycles. The number of amides is 3. The van der Waals surface area contributed by atoms with Crippen molar-refractivity contribution in [1.82, 2.24) is 15.1 Å². The molecule has 4 atom stereocenters. The van der Waals surface area contributed by atoms with Crippen molar-refractivity contribution in [1.29, 1.82) is 0 Å². The zero-order chi connectivity index (χ0) is 35.9. The Labute approximate surface area is 303 Å². The van der Waals surface area contributed by atoms with Crippen LogP contribution in [0, 0.1) is 0 Å². The average molecular weight is 705 g/mol. The molecule has 0 bridgehead atoms. The van der Waals surface area contributed by atoms with Gasteiger partial charge in [-0.25, -0.2) is 9.69 Å². The third-order valence-electron chi connectivity index (χ3n) is 9.84. The van der Waals surface area contributed by atoms with E-state index in [4.69, 9.17) is 14.2 Å². The Morgan fingerprint density at radius 1 is 0.769 bits per heavy atom. The highest BCUT2D eigenvalue weighted by atomic mass is 16.7. The summed E-state index contributed by atoms with van der Waals surface area (Å²) in [5, 5.41) is 12.1. The Balaban J connectivity index is 1.02. The van der Waals surface area contributed by atoms with Gasteiger partial charge in [-0.1, -0.05) is 97.1 Å². The zero-order valence-electron chi connectivity index (χ0n) is 29.0. The Morgan fingerprint density at radius 2 is 1.46 bits per heavy atom. The summed E-state index contributed by atoms with van der Waals surface area (Å²) in [7, 11) is 0. The van der Waals surface area contributed by atoms with Gasteiger partial charge < -0.3 is 24.6 Å². The molecule has 4 aromatic carbocycles. The second kappa shape index (κ2) is 16.6. The molecule has 3 heterocycles. The molecule has 7 rings (SSSR count). The largest absolute Gasteiger partial charge is 0.445 e. The van der Waals surface area contributed by atoms with Gasteiger partial charge in [-0.3, -0.25) is 19.4 Å². The van der Waals surface area contributed by atoms with Crippen LogP contribution in [0.15, 0.2) is 109 Å². The Bertz CT molecular complexity index is 1820. The normalized spacial score (nSPS) is 22.8. The summed E-state index contributed by atoms with van der Waals surface area (Å²) < 4.78 is 18.5. The molecule has 0 aromatic heterocycles. The molecular weight excluding hydrogens is 660 g/mol. The van der Waals surface area contributed by atoms with Crippen LogP contribution in [0.1, 0.15) is 53.1 Å². The third-order valence-corrected chi connectivity index (χ3v) is 9.84. The van der Waals surface area contributed by atoms with E-state index in [0.29, 0.717) is 17.7 Å². The van der Waals surface area contributed by atoms with Crippen LogP contribution in [0.2, 0.25) is 0 Å². The number of aliphatic hydroxyl groups is 1. The topological polar surface area (TPSA) is 121 Å². The second-order valence-corrected chi connectivity index (χ2v) is 13.5. The standard InChI is InChI=1S/C41H44N4O7/c46-27-30-14-16-32(17-15-30)37-23-35(26-44-20-18-43(19-21-44)25-29-8-3-1-4-9-29)51-40(52-37)33-12-7-13-34(22-33)45-38(47)24-36(39(45)48)42-41(49)50-28-31-10-5-2-6-11-31/h1-17,22,35-37,40,46H,18-21,23-28H2,(H,42,49)/t35-,36?,37+,40+/m0/s1. The van der Waals surface area contributed by atoms with E-state index < -0.39 is 30.2 Å². The van der Waals surface area contributed by atoms with Crippen molar-refractivity contribution >= 4 is 23.6 Å². The summed E-state index contributed by atoms with van der Waals surface area (Å²) in [5.74, 6) is -0.956. The highest BCUT2D eigenvalue weighted by molar-refractivity contribution is 6.22. The molecule has 11 nitrogen and oxygen atoms in total. The van der Waals surface area contributed by atoms with E-state index in [-0.39, 0.29) is 31.8 Å². The number of rotatable bonds is 11. The number of carbonyl (C=O) groups excluding carboxylic acids is 3. The molecule has 1 unspecified atom stereocenters. The highest BCUT2D eigenvalue weighted by Gasteiger charge is 2.41. The summed E-state index contributed by atoms with van der Waals surface area (Å²) in [6.45, 7) is 5.47. The van der Waals surface area contributed by atoms with Gasteiger partial charge in [0.15, 0.2) is 6.29 Å². The predicted octanol–water partition coefficient (Wildman–Crippen LogP) is 5.10. The summed E-state index contributed by atoms with van der Waals surface area (Å²) in [4.78, 5) is 45.1. The van der Waals surface area contributed by atoms with Gasteiger partial charge in [0.2, 0.25) is 5.91 Å². The lowest BCUT2D eigenvalue weighted by Gasteiger charge is -2.41. The molecule has 52 heavy (non-hydrogen) atoms.